The Morgan fingerprint density at radius 2 is 2.29 bits per heavy atom. The first kappa shape index (κ1) is 11.4. The molecular weight excluding hydrogens is 180 g/mol. The fourth-order valence-electron chi connectivity index (χ4n) is 1.53. The number of allylic oxidation sites excluding steroid dienone is 2. The van der Waals surface area contributed by atoms with E-state index in [2.05, 4.69) is 6.92 Å². The predicted molar refractivity (Wildman–Crippen MR) is 53.9 cm³/mol. The van der Waals surface area contributed by atoms with E-state index in [9.17, 15) is 4.79 Å². The molecule has 14 heavy (non-hydrogen) atoms. The molecular formula is C11H18O3. The second kappa shape index (κ2) is 5.94. The quantitative estimate of drug-likeness (QED) is 0.463. The van der Waals surface area contributed by atoms with Crippen LogP contribution in [0.5, 0.6) is 0 Å². The molecule has 0 fully saturated rings. The molecule has 1 atom stereocenters. The molecule has 1 aliphatic rings. The molecule has 1 aliphatic carbocycles. The predicted octanol–water partition coefficient (Wildman–Crippen LogP) is 1.92. The summed E-state index contributed by atoms with van der Waals surface area (Å²) in [7, 11) is 1.62. The number of hydrogen-bond donors (Lipinski definition) is 0. The lowest BCUT2D eigenvalue weighted by Gasteiger charge is -2.17. The molecule has 0 bridgehead atoms. The number of ether oxygens (including phenoxy) is 2. The van der Waals surface area contributed by atoms with Gasteiger partial charge < -0.3 is 9.47 Å². The highest BCUT2D eigenvalue weighted by Crippen LogP contribution is 2.23. The molecule has 0 spiro atoms. The van der Waals surface area contributed by atoms with Gasteiger partial charge in [-0.05, 0) is 24.8 Å². The Morgan fingerprint density at radius 1 is 1.57 bits per heavy atom. The molecule has 3 heteroatoms. The molecule has 0 radical (unpaired) electrons. The lowest BCUT2D eigenvalue weighted by Crippen LogP contribution is -2.12. The van der Waals surface area contributed by atoms with Crippen LogP contribution in [-0.4, -0.2) is 26.3 Å². The Labute approximate surface area is 85.1 Å². The zero-order chi connectivity index (χ0) is 10.4. The van der Waals surface area contributed by atoms with Crippen LogP contribution in [0.1, 0.15) is 26.2 Å². The second-order valence-electron chi connectivity index (χ2n) is 3.86. The summed E-state index contributed by atoms with van der Waals surface area (Å²) < 4.78 is 9.97. The minimum Gasteiger partial charge on any atom is -0.359 e. The molecule has 0 amide bonds. The largest absolute Gasteiger partial charge is 0.359 e. The third-order valence-corrected chi connectivity index (χ3v) is 2.33. The Kier molecular flexibility index (Phi) is 4.84. The van der Waals surface area contributed by atoms with Crippen LogP contribution in [0, 0.1) is 5.92 Å². The summed E-state index contributed by atoms with van der Waals surface area (Å²) in [5.41, 5.74) is 1.29. The zero-order valence-electron chi connectivity index (χ0n) is 8.91. The summed E-state index contributed by atoms with van der Waals surface area (Å²) in [6.45, 7) is 3.28. The first-order valence-electron chi connectivity index (χ1n) is 5.01. The van der Waals surface area contributed by atoms with Crippen LogP contribution >= 0.6 is 0 Å². The maximum atomic E-state index is 10.7. The Bertz CT molecular complexity index is 221. The molecule has 0 saturated carbocycles. The first-order valence-corrected chi connectivity index (χ1v) is 5.01. The van der Waals surface area contributed by atoms with E-state index in [0.717, 1.165) is 19.4 Å². The van der Waals surface area contributed by atoms with E-state index in [1.54, 1.807) is 13.2 Å². The fourth-order valence-corrected chi connectivity index (χ4v) is 1.53. The summed E-state index contributed by atoms with van der Waals surface area (Å²) in [5, 5.41) is 0. The van der Waals surface area contributed by atoms with E-state index >= 15 is 0 Å². The molecule has 0 N–H and O–H groups in total. The maximum Gasteiger partial charge on any atom is 0.159 e. The molecule has 0 aromatic heterocycles. The lowest BCUT2D eigenvalue weighted by atomic mass is 9.88. The molecule has 3 nitrogen and oxygen atoms in total. The Morgan fingerprint density at radius 3 is 2.86 bits per heavy atom. The van der Waals surface area contributed by atoms with Crippen molar-refractivity contribution in [3.05, 3.63) is 11.6 Å². The molecule has 0 aliphatic heterocycles. The topological polar surface area (TPSA) is 35.5 Å². The van der Waals surface area contributed by atoms with Gasteiger partial charge in [0.2, 0.25) is 0 Å². The Balaban J connectivity index is 2.02. The van der Waals surface area contributed by atoms with E-state index in [1.165, 1.54) is 5.57 Å². The van der Waals surface area contributed by atoms with Crippen molar-refractivity contribution in [2.24, 2.45) is 5.92 Å². The molecule has 80 valence electrons. The monoisotopic (exact) mass is 198 g/mol. The Hall–Kier alpha value is -0.670. The number of carbonyl (C=O) groups excluding carboxylic acids is 1. The van der Waals surface area contributed by atoms with Crippen LogP contribution < -0.4 is 0 Å². The van der Waals surface area contributed by atoms with Crippen molar-refractivity contribution < 1.29 is 14.3 Å². The zero-order valence-corrected chi connectivity index (χ0v) is 8.91. The number of rotatable bonds is 7. The van der Waals surface area contributed by atoms with Crippen molar-refractivity contribution in [1.82, 2.24) is 0 Å². The van der Waals surface area contributed by atoms with Gasteiger partial charge in [0.1, 0.15) is 6.79 Å². The normalized spacial score (nSPS) is 17.6. The SMILES string of the molecule is COCOCC[C@@H](C)CC1=CC(=O)C1. The third-order valence-electron chi connectivity index (χ3n) is 2.33. The molecule has 0 unspecified atom stereocenters. The van der Waals surface area contributed by atoms with E-state index in [0.29, 0.717) is 19.1 Å². The first-order chi connectivity index (χ1) is 6.72. The van der Waals surface area contributed by atoms with Crippen LogP contribution in [0.3, 0.4) is 0 Å². The second-order valence-corrected chi connectivity index (χ2v) is 3.86. The highest BCUT2D eigenvalue weighted by atomic mass is 16.7. The minimum atomic E-state index is 0.267. The van der Waals surface area contributed by atoms with Crippen molar-refractivity contribution in [2.75, 3.05) is 20.5 Å². The summed E-state index contributed by atoms with van der Waals surface area (Å²) in [6.07, 6.45) is 4.48. The van der Waals surface area contributed by atoms with Crippen LogP contribution in [0.2, 0.25) is 0 Å². The minimum absolute atomic E-state index is 0.267. The van der Waals surface area contributed by atoms with Gasteiger partial charge in [0, 0.05) is 20.1 Å². The van der Waals surface area contributed by atoms with Crippen LogP contribution in [0.15, 0.2) is 11.6 Å². The molecule has 1 rings (SSSR count). The van der Waals surface area contributed by atoms with Crippen molar-refractivity contribution >= 4 is 5.78 Å². The van der Waals surface area contributed by atoms with Gasteiger partial charge in [-0.2, -0.15) is 0 Å². The summed E-state index contributed by atoms with van der Waals surface area (Å²) in [5.74, 6) is 0.856. The van der Waals surface area contributed by atoms with Crippen LogP contribution in [0.4, 0.5) is 0 Å². The standard InChI is InChI=1S/C11H18O3/c1-9(3-4-14-8-13-2)5-10-6-11(12)7-10/h6,9H,3-5,7-8H2,1-2H3/t9-/m1/s1. The molecule has 0 aromatic carbocycles. The van der Waals surface area contributed by atoms with Crippen molar-refractivity contribution in [2.45, 2.75) is 26.2 Å². The average molecular weight is 198 g/mol. The van der Waals surface area contributed by atoms with Crippen LogP contribution in [-0.2, 0) is 14.3 Å². The number of hydrogen-bond acceptors (Lipinski definition) is 3. The lowest BCUT2D eigenvalue weighted by molar-refractivity contribution is -0.115. The van der Waals surface area contributed by atoms with Gasteiger partial charge in [-0.1, -0.05) is 12.5 Å². The van der Waals surface area contributed by atoms with Gasteiger partial charge in [0.05, 0.1) is 0 Å². The number of methoxy groups -OCH3 is 1. The molecule has 0 saturated heterocycles. The summed E-state index contributed by atoms with van der Waals surface area (Å²) >= 11 is 0. The van der Waals surface area contributed by atoms with Crippen molar-refractivity contribution in [3.63, 3.8) is 0 Å². The van der Waals surface area contributed by atoms with Gasteiger partial charge in [-0.3, -0.25) is 4.79 Å². The van der Waals surface area contributed by atoms with E-state index < -0.39 is 0 Å². The van der Waals surface area contributed by atoms with Gasteiger partial charge in [0.25, 0.3) is 0 Å². The van der Waals surface area contributed by atoms with E-state index in [1.807, 2.05) is 0 Å². The summed E-state index contributed by atoms with van der Waals surface area (Å²) in [6, 6.07) is 0. The van der Waals surface area contributed by atoms with Gasteiger partial charge >= 0.3 is 0 Å². The molecule has 0 heterocycles. The van der Waals surface area contributed by atoms with E-state index in [-0.39, 0.29) is 5.78 Å². The number of ketones is 1. The average Bonchev–Trinajstić information content (AvgIpc) is 2.10. The van der Waals surface area contributed by atoms with Crippen LogP contribution in [0.25, 0.3) is 0 Å². The summed E-state index contributed by atoms with van der Waals surface area (Å²) in [4.78, 5) is 10.7. The van der Waals surface area contributed by atoms with Gasteiger partial charge in [0.15, 0.2) is 5.78 Å². The van der Waals surface area contributed by atoms with Gasteiger partial charge in [-0.25, -0.2) is 0 Å². The maximum absolute atomic E-state index is 10.7. The van der Waals surface area contributed by atoms with Crippen molar-refractivity contribution in [3.8, 4) is 0 Å². The fraction of sp³-hybridized carbons (Fsp3) is 0.727. The molecule has 0 aromatic rings. The highest BCUT2D eigenvalue weighted by Gasteiger charge is 2.16. The van der Waals surface area contributed by atoms with Crippen molar-refractivity contribution in [1.29, 1.82) is 0 Å². The highest BCUT2D eigenvalue weighted by molar-refractivity contribution is 5.98. The number of carbonyl (C=O) groups is 1. The third kappa shape index (κ3) is 4.03. The van der Waals surface area contributed by atoms with Gasteiger partial charge in [-0.15, -0.1) is 0 Å². The van der Waals surface area contributed by atoms with E-state index in [4.69, 9.17) is 9.47 Å². The smallest absolute Gasteiger partial charge is 0.159 e.